The molecule has 1 aromatic rings. The molecule has 0 fully saturated rings. The third-order valence-corrected chi connectivity index (χ3v) is 4.69. The van der Waals surface area contributed by atoms with Crippen LogP contribution in [0.4, 0.5) is 0 Å². The largest absolute Gasteiger partial charge is 0.298 e. The van der Waals surface area contributed by atoms with E-state index in [1.807, 2.05) is 24.3 Å². The van der Waals surface area contributed by atoms with Gasteiger partial charge in [0.05, 0.1) is 0 Å². The summed E-state index contributed by atoms with van der Waals surface area (Å²) in [5, 5.41) is 0. The van der Waals surface area contributed by atoms with Crippen molar-refractivity contribution < 1.29 is 4.79 Å². The molecule has 2 rings (SSSR count). The number of hydrogen-bond acceptors (Lipinski definition) is 1. The molecule has 0 bridgehead atoms. The second kappa shape index (κ2) is 6.43. The summed E-state index contributed by atoms with van der Waals surface area (Å²) >= 11 is 0. The Hall–Kier alpha value is -1.63. The Morgan fingerprint density at radius 2 is 1.86 bits per heavy atom. The summed E-state index contributed by atoms with van der Waals surface area (Å²) in [6, 6.07) is 7.88. The number of rotatable bonds is 4. The monoisotopic (exact) mass is 282 g/mol. The predicted molar refractivity (Wildman–Crippen MR) is 89.7 cm³/mol. The van der Waals surface area contributed by atoms with Crippen LogP contribution in [0.2, 0.25) is 0 Å². The van der Waals surface area contributed by atoms with Crippen LogP contribution in [0.15, 0.2) is 47.6 Å². The summed E-state index contributed by atoms with van der Waals surface area (Å²) < 4.78 is 0. The van der Waals surface area contributed by atoms with Gasteiger partial charge in [0, 0.05) is 5.56 Å². The van der Waals surface area contributed by atoms with Gasteiger partial charge < -0.3 is 0 Å². The van der Waals surface area contributed by atoms with E-state index in [2.05, 4.69) is 39.8 Å². The molecule has 0 saturated heterocycles. The number of carbonyl (C=O) groups excluding carboxylic acids is 1. The standard InChI is InChI=1S/C20H26O/c1-15(18-10-8-17(14-21)9-11-18)7-12-19-16(2)6-5-13-20(19,3)4/h7-12,14-15H,5-6,13H2,1-4H3/b12-7+. The van der Waals surface area contributed by atoms with Crippen LogP contribution in [0, 0.1) is 5.41 Å². The van der Waals surface area contributed by atoms with Gasteiger partial charge in [0.2, 0.25) is 0 Å². The summed E-state index contributed by atoms with van der Waals surface area (Å²) in [4.78, 5) is 10.7. The van der Waals surface area contributed by atoms with Crippen LogP contribution in [0.5, 0.6) is 0 Å². The van der Waals surface area contributed by atoms with Gasteiger partial charge in [0.15, 0.2) is 0 Å². The summed E-state index contributed by atoms with van der Waals surface area (Å²) in [6.45, 7) is 9.17. The second-order valence-corrected chi connectivity index (χ2v) is 6.86. The molecule has 1 unspecified atom stereocenters. The molecule has 0 saturated carbocycles. The second-order valence-electron chi connectivity index (χ2n) is 6.86. The molecule has 0 amide bonds. The zero-order chi connectivity index (χ0) is 15.5. The van der Waals surface area contributed by atoms with Crippen molar-refractivity contribution >= 4 is 6.29 Å². The molecule has 1 atom stereocenters. The van der Waals surface area contributed by atoms with Gasteiger partial charge in [-0.25, -0.2) is 0 Å². The average molecular weight is 282 g/mol. The summed E-state index contributed by atoms with van der Waals surface area (Å²) in [5.74, 6) is 0.365. The van der Waals surface area contributed by atoms with E-state index in [4.69, 9.17) is 0 Å². The fourth-order valence-corrected chi connectivity index (χ4v) is 3.24. The number of allylic oxidation sites excluding steroid dienone is 4. The van der Waals surface area contributed by atoms with Gasteiger partial charge in [-0.15, -0.1) is 0 Å². The van der Waals surface area contributed by atoms with Crippen molar-refractivity contribution in [3.63, 3.8) is 0 Å². The Morgan fingerprint density at radius 3 is 2.43 bits per heavy atom. The molecule has 0 aliphatic heterocycles. The Kier molecular flexibility index (Phi) is 4.82. The van der Waals surface area contributed by atoms with Crippen molar-refractivity contribution in [2.24, 2.45) is 5.41 Å². The maximum atomic E-state index is 10.7. The number of carbonyl (C=O) groups is 1. The van der Waals surface area contributed by atoms with Crippen LogP contribution in [0.3, 0.4) is 0 Å². The van der Waals surface area contributed by atoms with Crippen molar-refractivity contribution in [1.82, 2.24) is 0 Å². The first-order valence-electron chi connectivity index (χ1n) is 7.87. The SMILES string of the molecule is CC1=C(/C=C/C(C)c2ccc(C=O)cc2)C(C)(C)CCC1. The lowest BCUT2D eigenvalue weighted by molar-refractivity contribution is 0.112. The van der Waals surface area contributed by atoms with Crippen molar-refractivity contribution in [2.45, 2.75) is 52.9 Å². The predicted octanol–water partition coefficient (Wildman–Crippen LogP) is 5.69. The molecule has 21 heavy (non-hydrogen) atoms. The minimum absolute atomic E-state index is 0.292. The molecule has 0 radical (unpaired) electrons. The van der Waals surface area contributed by atoms with E-state index in [0.29, 0.717) is 11.3 Å². The normalized spacial score (nSPS) is 19.8. The van der Waals surface area contributed by atoms with Crippen molar-refractivity contribution in [3.8, 4) is 0 Å². The Bertz CT molecular complexity index is 558. The molecular formula is C20H26O. The fraction of sp³-hybridized carbons (Fsp3) is 0.450. The quantitative estimate of drug-likeness (QED) is 0.649. The molecule has 0 aromatic heterocycles. The minimum atomic E-state index is 0.292. The van der Waals surface area contributed by atoms with Crippen LogP contribution in [0.1, 0.15) is 68.8 Å². The van der Waals surface area contributed by atoms with E-state index < -0.39 is 0 Å². The van der Waals surface area contributed by atoms with Crippen LogP contribution >= 0.6 is 0 Å². The zero-order valence-electron chi connectivity index (χ0n) is 13.6. The number of benzene rings is 1. The first-order chi connectivity index (χ1) is 9.94. The Balaban J connectivity index is 2.17. The number of hydrogen-bond donors (Lipinski definition) is 0. The maximum absolute atomic E-state index is 10.7. The van der Waals surface area contributed by atoms with E-state index in [9.17, 15) is 4.79 Å². The number of aldehydes is 1. The van der Waals surface area contributed by atoms with E-state index in [-0.39, 0.29) is 0 Å². The zero-order valence-corrected chi connectivity index (χ0v) is 13.6. The third kappa shape index (κ3) is 3.72. The smallest absolute Gasteiger partial charge is 0.150 e. The van der Waals surface area contributed by atoms with Gasteiger partial charge in [-0.3, -0.25) is 4.79 Å². The summed E-state index contributed by atoms with van der Waals surface area (Å²) in [6.07, 6.45) is 9.31. The molecule has 1 heteroatoms. The van der Waals surface area contributed by atoms with E-state index >= 15 is 0 Å². The van der Waals surface area contributed by atoms with Crippen molar-refractivity contribution in [1.29, 1.82) is 0 Å². The van der Waals surface area contributed by atoms with E-state index in [1.165, 1.54) is 36.0 Å². The molecule has 1 aliphatic rings. The highest BCUT2D eigenvalue weighted by atomic mass is 16.1. The lowest BCUT2D eigenvalue weighted by atomic mass is 9.72. The average Bonchev–Trinajstić information content (AvgIpc) is 2.46. The minimum Gasteiger partial charge on any atom is -0.298 e. The highest BCUT2D eigenvalue weighted by Crippen LogP contribution is 2.41. The lowest BCUT2D eigenvalue weighted by Crippen LogP contribution is -2.19. The van der Waals surface area contributed by atoms with Crippen LogP contribution in [0.25, 0.3) is 0 Å². The van der Waals surface area contributed by atoms with Crippen LogP contribution in [-0.2, 0) is 0 Å². The van der Waals surface area contributed by atoms with E-state index in [0.717, 1.165) is 11.8 Å². The molecule has 1 nitrogen and oxygen atoms in total. The maximum Gasteiger partial charge on any atom is 0.150 e. The van der Waals surface area contributed by atoms with Crippen LogP contribution < -0.4 is 0 Å². The summed E-state index contributed by atoms with van der Waals surface area (Å²) in [7, 11) is 0. The molecule has 0 spiro atoms. The van der Waals surface area contributed by atoms with Gasteiger partial charge in [0.25, 0.3) is 0 Å². The van der Waals surface area contributed by atoms with Crippen molar-refractivity contribution in [3.05, 3.63) is 58.7 Å². The molecule has 112 valence electrons. The van der Waals surface area contributed by atoms with Crippen LogP contribution in [-0.4, -0.2) is 6.29 Å². The van der Waals surface area contributed by atoms with Gasteiger partial charge >= 0.3 is 0 Å². The fourth-order valence-electron chi connectivity index (χ4n) is 3.24. The highest BCUT2D eigenvalue weighted by Gasteiger charge is 2.26. The molecular weight excluding hydrogens is 256 g/mol. The van der Waals surface area contributed by atoms with E-state index in [1.54, 1.807) is 0 Å². The van der Waals surface area contributed by atoms with Gasteiger partial charge in [-0.05, 0) is 48.7 Å². The Morgan fingerprint density at radius 1 is 1.19 bits per heavy atom. The van der Waals surface area contributed by atoms with Gasteiger partial charge in [0.1, 0.15) is 6.29 Å². The first kappa shape index (κ1) is 15.8. The topological polar surface area (TPSA) is 17.1 Å². The lowest BCUT2D eigenvalue weighted by Gasteiger charge is -2.33. The summed E-state index contributed by atoms with van der Waals surface area (Å²) in [5.41, 5.74) is 5.32. The van der Waals surface area contributed by atoms with Crippen molar-refractivity contribution in [2.75, 3.05) is 0 Å². The van der Waals surface area contributed by atoms with Gasteiger partial charge in [-0.1, -0.05) is 62.8 Å². The highest BCUT2D eigenvalue weighted by molar-refractivity contribution is 5.74. The molecule has 0 heterocycles. The Labute approximate surface area is 128 Å². The molecule has 0 N–H and O–H groups in total. The van der Waals surface area contributed by atoms with Gasteiger partial charge in [-0.2, -0.15) is 0 Å². The molecule has 1 aromatic carbocycles. The third-order valence-electron chi connectivity index (χ3n) is 4.69. The molecule has 1 aliphatic carbocycles. The first-order valence-corrected chi connectivity index (χ1v) is 7.87.